The van der Waals surface area contributed by atoms with Crippen LogP contribution in [0.3, 0.4) is 0 Å². The smallest absolute Gasteiger partial charge is 0.275 e. The molecule has 1 amide bonds. The Balaban J connectivity index is 1.53. The van der Waals surface area contributed by atoms with E-state index in [1.807, 2.05) is 49.4 Å². The Bertz CT molecular complexity index is 922. The van der Waals surface area contributed by atoms with Crippen LogP contribution in [0, 0.1) is 6.92 Å². The molecular weight excluding hydrogens is 398 g/mol. The van der Waals surface area contributed by atoms with Gasteiger partial charge in [0.1, 0.15) is 0 Å². The molecule has 6 nitrogen and oxygen atoms in total. The summed E-state index contributed by atoms with van der Waals surface area (Å²) < 4.78 is 27.2. The molecule has 1 aliphatic rings. The van der Waals surface area contributed by atoms with Crippen molar-refractivity contribution in [2.75, 3.05) is 32.7 Å². The minimum absolute atomic E-state index is 0.0159. The summed E-state index contributed by atoms with van der Waals surface area (Å²) in [5.74, 6) is 0.0159. The van der Waals surface area contributed by atoms with E-state index < -0.39 is 10.0 Å². The molecular formula is C23H32N3O3S+. The number of hydrogen-bond acceptors (Lipinski definition) is 3. The Morgan fingerprint density at radius 2 is 1.70 bits per heavy atom. The van der Waals surface area contributed by atoms with Crippen molar-refractivity contribution >= 4 is 15.9 Å². The number of quaternary nitrogens is 1. The Labute approximate surface area is 179 Å². The number of piperazine rings is 1. The molecule has 1 heterocycles. The van der Waals surface area contributed by atoms with Crippen LogP contribution in [-0.4, -0.2) is 51.4 Å². The summed E-state index contributed by atoms with van der Waals surface area (Å²) in [5.41, 5.74) is 2.16. The molecule has 30 heavy (non-hydrogen) atoms. The van der Waals surface area contributed by atoms with Gasteiger partial charge in [-0.15, -0.1) is 0 Å². The molecule has 0 radical (unpaired) electrons. The average molecular weight is 431 g/mol. The van der Waals surface area contributed by atoms with Crippen molar-refractivity contribution in [2.24, 2.45) is 0 Å². The Morgan fingerprint density at radius 1 is 1.07 bits per heavy atom. The molecule has 0 aromatic heterocycles. The van der Waals surface area contributed by atoms with Crippen LogP contribution < -0.4 is 10.2 Å². The quantitative estimate of drug-likeness (QED) is 0.668. The summed E-state index contributed by atoms with van der Waals surface area (Å²) in [6.45, 7) is 6.52. The zero-order chi connectivity index (χ0) is 21.6. The van der Waals surface area contributed by atoms with Crippen LogP contribution in [0.15, 0.2) is 59.5 Å². The molecule has 0 saturated carbocycles. The SMILES string of the molecule is CCC[C@@H](NC(=O)C[NH+]1CCN(S(=O)(=O)c2ccc(C)cc2)CC1)c1ccccc1. The minimum Gasteiger partial charge on any atom is -0.344 e. The molecule has 162 valence electrons. The van der Waals surface area contributed by atoms with Gasteiger partial charge in [-0.3, -0.25) is 4.79 Å². The Morgan fingerprint density at radius 3 is 2.30 bits per heavy atom. The van der Waals surface area contributed by atoms with Crippen LogP contribution in [0.2, 0.25) is 0 Å². The lowest BCUT2D eigenvalue weighted by atomic mass is 10.0. The van der Waals surface area contributed by atoms with Crippen LogP contribution >= 0.6 is 0 Å². The molecule has 0 aliphatic carbocycles. The Hall–Kier alpha value is -2.22. The van der Waals surface area contributed by atoms with Gasteiger partial charge in [-0.1, -0.05) is 61.4 Å². The van der Waals surface area contributed by atoms with Crippen LogP contribution in [0.5, 0.6) is 0 Å². The van der Waals surface area contributed by atoms with Gasteiger partial charge in [-0.25, -0.2) is 8.42 Å². The molecule has 0 spiro atoms. The Kier molecular flexibility index (Phi) is 7.64. The van der Waals surface area contributed by atoms with E-state index >= 15 is 0 Å². The van der Waals surface area contributed by atoms with Gasteiger partial charge in [0.2, 0.25) is 10.0 Å². The topological polar surface area (TPSA) is 70.9 Å². The zero-order valence-corrected chi connectivity index (χ0v) is 18.6. The van der Waals surface area contributed by atoms with Gasteiger partial charge < -0.3 is 10.2 Å². The van der Waals surface area contributed by atoms with Gasteiger partial charge in [0.25, 0.3) is 5.91 Å². The summed E-state index contributed by atoms with van der Waals surface area (Å²) >= 11 is 0. The van der Waals surface area contributed by atoms with Gasteiger partial charge >= 0.3 is 0 Å². The first-order valence-electron chi connectivity index (χ1n) is 10.6. The number of carbonyl (C=O) groups is 1. The first-order valence-corrected chi connectivity index (χ1v) is 12.1. The third-order valence-electron chi connectivity index (χ3n) is 5.61. The van der Waals surface area contributed by atoms with Crippen LogP contribution in [0.25, 0.3) is 0 Å². The second-order valence-electron chi connectivity index (χ2n) is 7.96. The van der Waals surface area contributed by atoms with Crippen molar-refractivity contribution in [1.82, 2.24) is 9.62 Å². The molecule has 3 rings (SSSR count). The molecule has 1 atom stereocenters. The second kappa shape index (κ2) is 10.2. The lowest BCUT2D eigenvalue weighted by Crippen LogP contribution is -3.15. The highest BCUT2D eigenvalue weighted by Crippen LogP contribution is 2.18. The highest BCUT2D eigenvalue weighted by atomic mass is 32.2. The standard InChI is InChI=1S/C23H31N3O3S/c1-3-7-22(20-8-5-4-6-9-20)24-23(27)18-25-14-16-26(17-15-25)30(28,29)21-12-10-19(2)11-13-21/h4-6,8-13,22H,3,7,14-18H2,1-2H3,(H,24,27)/p+1/t22-/m1/s1. The first-order chi connectivity index (χ1) is 14.4. The normalized spacial score (nSPS) is 16.9. The van der Waals surface area contributed by atoms with Gasteiger partial charge in [0.15, 0.2) is 6.54 Å². The summed E-state index contributed by atoms with van der Waals surface area (Å²) in [6, 6.07) is 17.0. The minimum atomic E-state index is -3.47. The highest BCUT2D eigenvalue weighted by Gasteiger charge is 2.31. The summed E-state index contributed by atoms with van der Waals surface area (Å²) in [7, 11) is -3.47. The number of benzene rings is 2. The second-order valence-corrected chi connectivity index (χ2v) is 9.90. The summed E-state index contributed by atoms with van der Waals surface area (Å²) in [4.78, 5) is 14.1. The predicted octanol–water partition coefficient (Wildman–Crippen LogP) is 1.54. The fraction of sp³-hybridized carbons (Fsp3) is 0.435. The van der Waals surface area contributed by atoms with E-state index in [9.17, 15) is 13.2 Å². The summed E-state index contributed by atoms with van der Waals surface area (Å²) in [5, 5.41) is 3.16. The number of hydrogen-bond donors (Lipinski definition) is 2. The van der Waals surface area contributed by atoms with Gasteiger partial charge in [-0.05, 0) is 31.0 Å². The molecule has 7 heteroatoms. The number of sulfonamides is 1. The van der Waals surface area contributed by atoms with E-state index in [1.165, 1.54) is 4.31 Å². The van der Waals surface area contributed by atoms with Gasteiger partial charge in [-0.2, -0.15) is 4.31 Å². The molecule has 1 aliphatic heterocycles. The molecule has 0 unspecified atom stereocenters. The van der Waals surface area contributed by atoms with Crippen LogP contribution in [-0.2, 0) is 14.8 Å². The maximum Gasteiger partial charge on any atom is 0.275 e. The summed E-state index contributed by atoms with van der Waals surface area (Å²) in [6.07, 6.45) is 1.88. The predicted molar refractivity (Wildman–Crippen MR) is 118 cm³/mol. The number of aryl methyl sites for hydroxylation is 1. The molecule has 2 N–H and O–H groups in total. The van der Waals surface area contributed by atoms with Gasteiger partial charge in [0, 0.05) is 0 Å². The molecule has 0 bridgehead atoms. The first kappa shape index (κ1) is 22.5. The van der Waals surface area contributed by atoms with Crippen molar-refractivity contribution in [1.29, 1.82) is 0 Å². The van der Waals surface area contributed by atoms with E-state index in [2.05, 4.69) is 12.2 Å². The fourth-order valence-corrected chi connectivity index (χ4v) is 5.29. The number of nitrogens with one attached hydrogen (secondary N) is 2. The number of rotatable bonds is 8. The van der Waals surface area contributed by atoms with E-state index in [0.29, 0.717) is 37.6 Å². The van der Waals surface area contributed by atoms with Crippen molar-refractivity contribution < 1.29 is 18.1 Å². The zero-order valence-electron chi connectivity index (χ0n) is 17.8. The molecule has 2 aromatic carbocycles. The van der Waals surface area contributed by atoms with Crippen molar-refractivity contribution in [3.05, 3.63) is 65.7 Å². The molecule has 1 saturated heterocycles. The maximum absolute atomic E-state index is 12.8. The van der Waals surface area contributed by atoms with Gasteiger partial charge in [0.05, 0.1) is 37.1 Å². The monoisotopic (exact) mass is 430 g/mol. The third-order valence-corrected chi connectivity index (χ3v) is 7.53. The lowest BCUT2D eigenvalue weighted by Gasteiger charge is -2.31. The third kappa shape index (κ3) is 5.68. The van der Waals surface area contributed by atoms with E-state index in [1.54, 1.807) is 12.1 Å². The van der Waals surface area contributed by atoms with Crippen molar-refractivity contribution in [2.45, 2.75) is 37.6 Å². The lowest BCUT2D eigenvalue weighted by molar-refractivity contribution is -0.895. The highest BCUT2D eigenvalue weighted by molar-refractivity contribution is 7.89. The fourth-order valence-electron chi connectivity index (χ4n) is 3.85. The average Bonchev–Trinajstić information content (AvgIpc) is 2.75. The van der Waals surface area contributed by atoms with Crippen LogP contribution in [0.4, 0.5) is 0 Å². The van der Waals surface area contributed by atoms with Crippen molar-refractivity contribution in [3.63, 3.8) is 0 Å². The van der Waals surface area contributed by atoms with Crippen LogP contribution in [0.1, 0.15) is 36.9 Å². The van der Waals surface area contributed by atoms with Crippen molar-refractivity contribution in [3.8, 4) is 0 Å². The molecule has 1 fully saturated rings. The number of nitrogens with zero attached hydrogens (tertiary/aromatic N) is 1. The number of carbonyl (C=O) groups excluding carboxylic acids is 1. The maximum atomic E-state index is 12.8. The van der Waals surface area contributed by atoms with E-state index in [4.69, 9.17) is 0 Å². The molecule has 2 aromatic rings. The van der Waals surface area contributed by atoms with E-state index in [0.717, 1.165) is 28.9 Å². The largest absolute Gasteiger partial charge is 0.344 e. The number of amides is 1. The van der Waals surface area contributed by atoms with E-state index in [-0.39, 0.29) is 11.9 Å².